The Morgan fingerprint density at radius 3 is 1.54 bits per heavy atom. The van der Waals surface area contributed by atoms with Crippen molar-refractivity contribution < 1.29 is 19.8 Å². The van der Waals surface area contributed by atoms with E-state index in [0.717, 1.165) is 12.8 Å². The number of aliphatic hydroxyl groups excluding tert-OH is 1. The molecule has 8 nitrogen and oxygen atoms in total. The van der Waals surface area contributed by atoms with Crippen molar-refractivity contribution in [1.82, 2.24) is 5.06 Å². The summed E-state index contributed by atoms with van der Waals surface area (Å²) >= 11 is 0. The number of carbonyl (C=O) groups is 1. The maximum Gasteiger partial charge on any atom is 0.323 e. The molecule has 6 N–H and O–H groups in total. The summed E-state index contributed by atoms with van der Waals surface area (Å²) in [6.45, 7) is 3.55. The van der Waals surface area contributed by atoms with Gasteiger partial charge >= 0.3 is 5.97 Å². The molecule has 39 heavy (non-hydrogen) atoms. The minimum absolute atomic E-state index is 0.000488. The Morgan fingerprint density at radius 1 is 0.718 bits per heavy atom. The lowest BCUT2D eigenvalue weighted by atomic mass is 10.0. The van der Waals surface area contributed by atoms with E-state index in [-0.39, 0.29) is 12.6 Å². The number of aliphatic imine (C=N–C) groups is 1. The van der Waals surface area contributed by atoms with E-state index < -0.39 is 12.0 Å². The van der Waals surface area contributed by atoms with Crippen molar-refractivity contribution in [2.24, 2.45) is 16.5 Å². The number of hydroxylamine groups is 2. The Kier molecular flexibility index (Phi) is 28.6. The van der Waals surface area contributed by atoms with Crippen molar-refractivity contribution in [1.29, 1.82) is 0 Å². The van der Waals surface area contributed by atoms with Crippen molar-refractivity contribution in [3.63, 3.8) is 0 Å². The van der Waals surface area contributed by atoms with Gasteiger partial charge in [-0.2, -0.15) is 5.06 Å². The molecule has 0 amide bonds. The Balaban J connectivity index is 3.68. The highest BCUT2D eigenvalue weighted by molar-refractivity contribution is 5.75. The first-order chi connectivity index (χ1) is 19.0. The molecular weight excluding hydrogens is 492 g/mol. The molecule has 232 valence electrons. The molecule has 0 rings (SSSR count). The molecule has 0 bridgehead atoms. The highest BCUT2D eigenvalue weighted by Gasteiger charge is 2.25. The van der Waals surface area contributed by atoms with E-state index in [0.29, 0.717) is 39.0 Å². The van der Waals surface area contributed by atoms with Crippen LogP contribution in [0.15, 0.2) is 4.99 Å². The predicted molar refractivity (Wildman–Crippen MR) is 164 cm³/mol. The summed E-state index contributed by atoms with van der Waals surface area (Å²) in [6, 6.07) is -0.768. The first kappa shape index (κ1) is 37.6. The van der Waals surface area contributed by atoms with Gasteiger partial charge in [0, 0.05) is 19.7 Å². The zero-order valence-corrected chi connectivity index (χ0v) is 25.4. The number of nitrogens with zero attached hydrogens (tertiary/aromatic N) is 2. The van der Waals surface area contributed by atoms with Gasteiger partial charge in [0.2, 0.25) is 0 Å². The van der Waals surface area contributed by atoms with Gasteiger partial charge in [-0.3, -0.25) is 14.6 Å². The number of nitrogens with two attached hydrogens (primary N) is 2. The fourth-order valence-electron chi connectivity index (χ4n) is 4.96. The van der Waals surface area contributed by atoms with E-state index in [4.69, 9.17) is 16.3 Å². The molecule has 0 aromatic heterocycles. The number of rotatable bonds is 31. The number of hydrogen-bond acceptors (Lipinski definition) is 5. The minimum Gasteiger partial charge on any atom is -0.480 e. The molecule has 0 saturated carbocycles. The van der Waals surface area contributed by atoms with Crippen LogP contribution in [0, 0.1) is 0 Å². The molecule has 0 aliphatic carbocycles. The van der Waals surface area contributed by atoms with Gasteiger partial charge in [-0.1, -0.05) is 129 Å². The van der Waals surface area contributed by atoms with Crippen molar-refractivity contribution in [2.45, 2.75) is 161 Å². The number of carboxylic acids is 1. The van der Waals surface area contributed by atoms with Crippen LogP contribution < -0.4 is 11.5 Å². The summed E-state index contributed by atoms with van der Waals surface area (Å²) in [4.78, 5) is 21.5. The smallest absolute Gasteiger partial charge is 0.323 e. The number of aliphatic carboxylic acids is 1. The molecule has 0 spiro atoms. The van der Waals surface area contributed by atoms with Crippen LogP contribution in [-0.2, 0) is 9.63 Å². The quantitative estimate of drug-likeness (QED) is 0.0315. The normalized spacial score (nSPS) is 12.2. The number of carboxylic acid groups (broad SMARTS) is 1. The Morgan fingerprint density at radius 2 is 1.15 bits per heavy atom. The fourth-order valence-corrected chi connectivity index (χ4v) is 4.96. The molecule has 0 aromatic rings. The van der Waals surface area contributed by atoms with Gasteiger partial charge in [0.15, 0.2) is 5.96 Å². The molecule has 1 atom stereocenters. The number of aliphatic hydroxyl groups is 1. The van der Waals surface area contributed by atoms with E-state index in [2.05, 4.69) is 11.9 Å². The molecular formula is C31H64N4O4. The molecule has 0 fully saturated rings. The number of unbranched alkanes of at least 4 members (excludes halogenated alkanes) is 19. The maximum absolute atomic E-state index is 11.8. The lowest BCUT2D eigenvalue weighted by Crippen LogP contribution is -2.42. The van der Waals surface area contributed by atoms with Gasteiger partial charge in [0.1, 0.15) is 6.04 Å². The van der Waals surface area contributed by atoms with Crippen LogP contribution in [0.5, 0.6) is 0 Å². The molecule has 0 aromatic carbocycles. The van der Waals surface area contributed by atoms with E-state index in [9.17, 15) is 15.0 Å². The molecule has 0 saturated heterocycles. The van der Waals surface area contributed by atoms with Crippen molar-refractivity contribution in [2.75, 3.05) is 26.3 Å². The summed E-state index contributed by atoms with van der Waals surface area (Å²) in [5, 5.41) is 20.4. The molecule has 0 aliphatic rings. The minimum atomic E-state index is -0.930. The van der Waals surface area contributed by atoms with Crippen molar-refractivity contribution in [3.8, 4) is 0 Å². The second-order valence-electron chi connectivity index (χ2n) is 11.1. The average molecular weight is 557 g/mol. The molecule has 8 heteroatoms. The first-order valence-corrected chi connectivity index (χ1v) is 16.3. The van der Waals surface area contributed by atoms with Crippen LogP contribution >= 0.6 is 0 Å². The highest BCUT2D eigenvalue weighted by Crippen LogP contribution is 2.15. The first-order valence-electron chi connectivity index (χ1n) is 16.3. The van der Waals surface area contributed by atoms with Crippen LogP contribution in [0.2, 0.25) is 0 Å². The zero-order valence-electron chi connectivity index (χ0n) is 25.4. The second kappa shape index (κ2) is 29.6. The summed E-state index contributed by atoms with van der Waals surface area (Å²) in [7, 11) is 0. The Bertz CT molecular complexity index is 559. The number of guanidine groups is 1. The molecule has 0 heterocycles. The van der Waals surface area contributed by atoms with E-state index >= 15 is 0 Å². The standard InChI is InChI=1S/C31H64N4O4/c1-2-3-4-5-6-7-8-9-10-11-12-13-14-15-16-17-18-19-20-21-28-39-35(26-23-27-36)29(30(37)38)24-22-25-34-31(32)33/h29,36H,2-28H2,1H3,(H,37,38)(H4,32,33,34)/t29-/m0/s1. The third-order valence-electron chi connectivity index (χ3n) is 7.35. The summed E-state index contributed by atoms with van der Waals surface area (Å²) in [5.74, 6) is -0.920. The molecule has 0 radical (unpaired) electrons. The van der Waals surface area contributed by atoms with Crippen LogP contribution in [-0.4, -0.2) is 59.6 Å². The van der Waals surface area contributed by atoms with Crippen molar-refractivity contribution >= 4 is 11.9 Å². The van der Waals surface area contributed by atoms with Gasteiger partial charge in [0.05, 0.1) is 6.61 Å². The third-order valence-corrected chi connectivity index (χ3v) is 7.35. The maximum atomic E-state index is 11.8. The third kappa shape index (κ3) is 26.6. The fraction of sp³-hybridized carbons (Fsp3) is 0.935. The van der Waals surface area contributed by atoms with E-state index in [1.165, 1.54) is 121 Å². The van der Waals surface area contributed by atoms with Crippen LogP contribution in [0.3, 0.4) is 0 Å². The van der Waals surface area contributed by atoms with Gasteiger partial charge in [-0.15, -0.1) is 0 Å². The topological polar surface area (TPSA) is 134 Å². The van der Waals surface area contributed by atoms with Crippen LogP contribution in [0.25, 0.3) is 0 Å². The number of hydrogen-bond donors (Lipinski definition) is 4. The van der Waals surface area contributed by atoms with Gasteiger partial charge in [0.25, 0.3) is 0 Å². The molecule has 0 aliphatic heterocycles. The lowest BCUT2D eigenvalue weighted by Gasteiger charge is -2.27. The Labute approximate surface area is 240 Å². The molecule has 0 unspecified atom stereocenters. The van der Waals surface area contributed by atoms with Gasteiger partial charge in [-0.25, -0.2) is 0 Å². The zero-order chi connectivity index (χ0) is 28.8. The summed E-state index contributed by atoms with van der Waals surface area (Å²) < 4.78 is 0. The predicted octanol–water partition coefficient (Wildman–Crippen LogP) is 6.93. The SMILES string of the molecule is CCCCCCCCCCCCCCCCCCCCCCON(CCCO)[C@@H](CCCN=C(N)N)C(=O)O. The van der Waals surface area contributed by atoms with Gasteiger partial charge < -0.3 is 21.7 Å². The van der Waals surface area contributed by atoms with E-state index in [1.807, 2.05) is 0 Å². The largest absolute Gasteiger partial charge is 0.480 e. The van der Waals surface area contributed by atoms with E-state index in [1.54, 1.807) is 0 Å². The average Bonchev–Trinajstić information content (AvgIpc) is 2.91. The second-order valence-corrected chi connectivity index (χ2v) is 11.1. The van der Waals surface area contributed by atoms with Gasteiger partial charge in [-0.05, 0) is 25.7 Å². The Hall–Kier alpha value is -1.38. The summed E-state index contributed by atoms with van der Waals surface area (Å²) in [5.41, 5.74) is 10.7. The highest BCUT2D eigenvalue weighted by atomic mass is 16.7. The monoisotopic (exact) mass is 556 g/mol. The van der Waals surface area contributed by atoms with Crippen LogP contribution in [0.1, 0.15) is 155 Å². The lowest BCUT2D eigenvalue weighted by molar-refractivity contribution is -0.202. The van der Waals surface area contributed by atoms with Crippen LogP contribution in [0.4, 0.5) is 0 Å². The van der Waals surface area contributed by atoms with Crippen molar-refractivity contribution in [3.05, 3.63) is 0 Å². The summed E-state index contributed by atoms with van der Waals surface area (Å²) in [6.07, 6.45) is 28.2.